The third-order valence-electron chi connectivity index (χ3n) is 3.77. The zero-order valence-electron chi connectivity index (χ0n) is 15.2. The number of nitro groups is 1. The summed E-state index contributed by atoms with van der Waals surface area (Å²) in [6, 6.07) is 5.96. The molecule has 0 N–H and O–H groups in total. The fraction of sp³-hybridized carbons (Fsp3) is 0.444. The van der Waals surface area contributed by atoms with Crippen LogP contribution in [0.25, 0.3) is 6.08 Å². The first-order chi connectivity index (χ1) is 12.2. The van der Waals surface area contributed by atoms with Crippen LogP contribution in [0.4, 0.5) is 10.5 Å². The van der Waals surface area contributed by atoms with Gasteiger partial charge in [-0.15, -0.1) is 0 Å². The molecule has 2 rings (SSSR count). The Labute approximate surface area is 152 Å². The number of ether oxygens (including phenoxy) is 1. The molecule has 0 bridgehead atoms. The maximum atomic E-state index is 12.2. The van der Waals surface area contributed by atoms with Gasteiger partial charge in [-0.05, 0) is 44.5 Å². The largest absolute Gasteiger partial charge is 0.444 e. The molecule has 26 heavy (non-hydrogen) atoms. The van der Waals surface area contributed by atoms with Crippen molar-refractivity contribution in [3.05, 3.63) is 46.0 Å². The monoisotopic (exact) mass is 361 g/mol. The zero-order chi connectivity index (χ0) is 19.3. The van der Waals surface area contributed by atoms with Gasteiger partial charge in [0.1, 0.15) is 5.60 Å². The van der Waals surface area contributed by atoms with Crippen LogP contribution in [0.1, 0.15) is 26.3 Å². The molecule has 0 unspecified atom stereocenters. The standard InChI is InChI=1S/C18H23N3O5/c1-18(2,3)26-17(23)20-12-10-19(11-13-20)16(22)9-6-14-4-7-15(8-5-14)21(24)25/h4-9H,10-13H2,1-3H3/b9-6+. The molecular weight excluding hydrogens is 338 g/mol. The van der Waals surface area contributed by atoms with Crippen LogP contribution in [0, 0.1) is 10.1 Å². The van der Waals surface area contributed by atoms with Crippen LogP contribution in [0.5, 0.6) is 0 Å². The van der Waals surface area contributed by atoms with Gasteiger partial charge in [0.2, 0.25) is 5.91 Å². The van der Waals surface area contributed by atoms with Crippen LogP contribution in [0.15, 0.2) is 30.3 Å². The van der Waals surface area contributed by atoms with E-state index in [-0.39, 0.29) is 17.7 Å². The molecule has 1 aromatic carbocycles. The van der Waals surface area contributed by atoms with Crippen molar-refractivity contribution in [1.82, 2.24) is 9.80 Å². The van der Waals surface area contributed by atoms with Crippen molar-refractivity contribution in [3.63, 3.8) is 0 Å². The number of carbonyl (C=O) groups excluding carboxylic acids is 2. The third-order valence-corrected chi connectivity index (χ3v) is 3.77. The second kappa shape index (κ2) is 7.99. The quantitative estimate of drug-likeness (QED) is 0.469. The fourth-order valence-electron chi connectivity index (χ4n) is 2.42. The molecule has 8 heteroatoms. The molecule has 0 aliphatic carbocycles. The van der Waals surface area contributed by atoms with Gasteiger partial charge in [-0.1, -0.05) is 0 Å². The summed E-state index contributed by atoms with van der Waals surface area (Å²) in [6.45, 7) is 7.15. The summed E-state index contributed by atoms with van der Waals surface area (Å²) in [5.74, 6) is -0.160. The number of nitro benzene ring substituents is 1. The van der Waals surface area contributed by atoms with Crippen LogP contribution in [-0.2, 0) is 9.53 Å². The average molecular weight is 361 g/mol. The molecule has 2 amide bonds. The number of hydrogen-bond acceptors (Lipinski definition) is 5. The molecule has 140 valence electrons. The second-order valence-electron chi connectivity index (χ2n) is 6.97. The highest BCUT2D eigenvalue weighted by molar-refractivity contribution is 5.92. The van der Waals surface area contributed by atoms with Gasteiger partial charge >= 0.3 is 6.09 Å². The molecule has 1 aliphatic heterocycles. The van der Waals surface area contributed by atoms with Gasteiger partial charge in [0.25, 0.3) is 5.69 Å². The van der Waals surface area contributed by atoms with Crippen LogP contribution in [0.2, 0.25) is 0 Å². The average Bonchev–Trinajstić information content (AvgIpc) is 2.58. The van der Waals surface area contributed by atoms with Crippen molar-refractivity contribution in [3.8, 4) is 0 Å². The normalized spacial score (nSPS) is 15.2. The Morgan fingerprint density at radius 1 is 1.08 bits per heavy atom. The SMILES string of the molecule is CC(C)(C)OC(=O)N1CCN(C(=O)/C=C/c2ccc([N+](=O)[O-])cc2)CC1. The van der Waals surface area contributed by atoms with E-state index in [4.69, 9.17) is 4.74 Å². The molecule has 0 radical (unpaired) electrons. The molecule has 1 aromatic rings. The van der Waals surface area contributed by atoms with Crippen molar-refractivity contribution in [2.24, 2.45) is 0 Å². The Bertz CT molecular complexity index is 699. The van der Waals surface area contributed by atoms with Gasteiger partial charge in [-0.3, -0.25) is 14.9 Å². The van der Waals surface area contributed by atoms with Gasteiger partial charge in [-0.25, -0.2) is 4.79 Å². The summed E-state index contributed by atoms with van der Waals surface area (Å²) in [5, 5.41) is 10.6. The van der Waals surface area contributed by atoms with Gasteiger partial charge in [0.05, 0.1) is 4.92 Å². The Morgan fingerprint density at radius 3 is 2.12 bits per heavy atom. The predicted octanol–water partition coefficient (Wildman–Crippen LogP) is 2.69. The smallest absolute Gasteiger partial charge is 0.410 e. The van der Waals surface area contributed by atoms with Crippen LogP contribution >= 0.6 is 0 Å². The maximum absolute atomic E-state index is 12.2. The molecule has 8 nitrogen and oxygen atoms in total. The number of hydrogen-bond donors (Lipinski definition) is 0. The highest BCUT2D eigenvalue weighted by Gasteiger charge is 2.26. The lowest BCUT2D eigenvalue weighted by Gasteiger charge is -2.35. The summed E-state index contributed by atoms with van der Waals surface area (Å²) < 4.78 is 5.33. The van der Waals surface area contributed by atoms with E-state index in [1.807, 2.05) is 20.8 Å². The first-order valence-electron chi connectivity index (χ1n) is 8.35. The van der Waals surface area contributed by atoms with E-state index in [0.29, 0.717) is 31.7 Å². The van der Waals surface area contributed by atoms with E-state index in [9.17, 15) is 19.7 Å². The number of piperazine rings is 1. The number of amides is 2. The minimum absolute atomic E-state index is 0.00624. The van der Waals surface area contributed by atoms with Gasteiger partial charge in [0.15, 0.2) is 0 Å². The van der Waals surface area contributed by atoms with E-state index in [0.717, 1.165) is 0 Å². The Kier molecular flexibility index (Phi) is 5.97. The van der Waals surface area contributed by atoms with Crippen molar-refractivity contribution in [1.29, 1.82) is 0 Å². The summed E-state index contributed by atoms with van der Waals surface area (Å²) in [5.41, 5.74) is 0.167. The maximum Gasteiger partial charge on any atom is 0.410 e. The van der Waals surface area contributed by atoms with E-state index < -0.39 is 10.5 Å². The number of carbonyl (C=O) groups is 2. The topological polar surface area (TPSA) is 93.0 Å². The number of rotatable bonds is 3. The van der Waals surface area contributed by atoms with Crippen molar-refractivity contribution in [2.75, 3.05) is 26.2 Å². The first kappa shape index (κ1) is 19.4. The van der Waals surface area contributed by atoms with Gasteiger partial charge in [0, 0.05) is 44.4 Å². The number of nitrogens with zero attached hydrogens (tertiary/aromatic N) is 3. The van der Waals surface area contributed by atoms with Crippen molar-refractivity contribution >= 4 is 23.8 Å². The van der Waals surface area contributed by atoms with Crippen molar-refractivity contribution < 1.29 is 19.2 Å². The molecule has 1 fully saturated rings. The second-order valence-corrected chi connectivity index (χ2v) is 6.97. The van der Waals surface area contributed by atoms with Gasteiger partial charge < -0.3 is 14.5 Å². The Morgan fingerprint density at radius 2 is 1.62 bits per heavy atom. The third kappa shape index (κ3) is 5.58. The first-order valence-corrected chi connectivity index (χ1v) is 8.35. The van der Waals surface area contributed by atoms with Crippen LogP contribution < -0.4 is 0 Å². The van der Waals surface area contributed by atoms with Crippen LogP contribution in [-0.4, -0.2) is 58.5 Å². The Hall–Kier alpha value is -2.90. The number of benzene rings is 1. The molecule has 0 atom stereocenters. The molecule has 1 heterocycles. The summed E-state index contributed by atoms with van der Waals surface area (Å²) >= 11 is 0. The molecule has 0 saturated carbocycles. The van der Waals surface area contributed by atoms with E-state index >= 15 is 0 Å². The zero-order valence-corrected chi connectivity index (χ0v) is 15.2. The lowest BCUT2D eigenvalue weighted by atomic mass is 10.2. The molecule has 1 aliphatic rings. The summed E-state index contributed by atoms with van der Waals surface area (Å²) in [6.07, 6.45) is 2.68. The van der Waals surface area contributed by atoms with Crippen molar-refractivity contribution in [2.45, 2.75) is 26.4 Å². The van der Waals surface area contributed by atoms with Crippen LogP contribution in [0.3, 0.4) is 0 Å². The predicted molar refractivity (Wildman–Crippen MR) is 96.5 cm³/mol. The lowest BCUT2D eigenvalue weighted by molar-refractivity contribution is -0.384. The molecule has 0 spiro atoms. The Balaban J connectivity index is 1.86. The highest BCUT2D eigenvalue weighted by Crippen LogP contribution is 2.14. The molecule has 1 saturated heterocycles. The minimum Gasteiger partial charge on any atom is -0.444 e. The van der Waals surface area contributed by atoms with E-state index in [1.54, 1.807) is 28.0 Å². The number of non-ortho nitro benzene ring substituents is 1. The fourth-order valence-corrected chi connectivity index (χ4v) is 2.42. The minimum atomic E-state index is -0.544. The summed E-state index contributed by atoms with van der Waals surface area (Å²) in [4.78, 5) is 37.7. The molecule has 0 aromatic heterocycles. The summed E-state index contributed by atoms with van der Waals surface area (Å²) in [7, 11) is 0. The van der Waals surface area contributed by atoms with E-state index in [1.165, 1.54) is 18.2 Å². The van der Waals surface area contributed by atoms with Gasteiger partial charge in [-0.2, -0.15) is 0 Å². The molecular formula is C18H23N3O5. The lowest BCUT2D eigenvalue weighted by Crippen LogP contribution is -2.51. The van der Waals surface area contributed by atoms with E-state index in [2.05, 4.69) is 0 Å². The highest BCUT2D eigenvalue weighted by atomic mass is 16.6.